The minimum Gasteiger partial charge on any atom is -0.139 e. The number of aryl methyl sites for hydroxylation is 2. The van der Waals surface area contributed by atoms with Gasteiger partial charge in [0.25, 0.3) is 0 Å². The van der Waals surface area contributed by atoms with Crippen molar-refractivity contribution in [2.45, 2.75) is 226 Å². The molecule has 0 atom stereocenters. The van der Waals surface area contributed by atoms with Crippen LogP contribution < -0.4 is 0 Å². The highest BCUT2D eigenvalue weighted by Gasteiger charge is 2.44. The van der Waals surface area contributed by atoms with Crippen molar-refractivity contribution in [3.05, 3.63) is 33.0 Å². The number of thiophene rings is 2. The number of fused-ring (bicyclic) bond motifs is 3. The Labute approximate surface area is 290 Å². The Balaban J connectivity index is 1.35. The van der Waals surface area contributed by atoms with Gasteiger partial charge >= 0.3 is 0 Å². The maximum atomic E-state index is 2.59. The molecule has 0 amide bonds. The van der Waals surface area contributed by atoms with Gasteiger partial charge in [0.2, 0.25) is 0 Å². The van der Waals surface area contributed by atoms with Gasteiger partial charge in [-0.15, -0.1) is 22.7 Å². The maximum absolute atomic E-state index is 2.59. The molecule has 2 aromatic rings. The molecule has 0 saturated heterocycles. The zero-order chi connectivity index (χ0) is 32.0. The van der Waals surface area contributed by atoms with Crippen molar-refractivity contribution in [2.24, 2.45) is 0 Å². The van der Waals surface area contributed by atoms with Crippen molar-refractivity contribution in [2.75, 3.05) is 0 Å². The van der Waals surface area contributed by atoms with Crippen LogP contribution in [0.4, 0.5) is 0 Å². The highest BCUT2D eigenvalue weighted by molar-refractivity contribution is 7.22. The Kier molecular flexibility index (Phi) is 20.4. The molecule has 2 aromatic heterocycles. The number of unbranched alkanes of at least 4 members (excludes halogenated alkanes) is 26. The third-order valence-corrected chi connectivity index (χ3v) is 13.1. The Morgan fingerprint density at radius 3 is 0.889 bits per heavy atom. The van der Waals surface area contributed by atoms with Gasteiger partial charge in [0, 0.05) is 24.9 Å². The molecule has 0 nitrogen and oxygen atoms in total. The number of hydrogen-bond donors (Lipinski definition) is 0. The van der Waals surface area contributed by atoms with Crippen molar-refractivity contribution in [3.63, 3.8) is 0 Å². The molecule has 0 N–H and O–H groups in total. The average Bonchev–Trinajstić information content (AvgIpc) is 3.68. The van der Waals surface area contributed by atoms with Crippen LogP contribution in [0.25, 0.3) is 9.75 Å². The van der Waals surface area contributed by atoms with Crippen LogP contribution in [-0.2, 0) is 5.41 Å². The predicted molar refractivity (Wildman–Crippen MR) is 208 cm³/mol. The molecule has 2 heterocycles. The van der Waals surface area contributed by atoms with Gasteiger partial charge < -0.3 is 0 Å². The van der Waals surface area contributed by atoms with Gasteiger partial charge in [-0.3, -0.25) is 0 Å². The molecule has 3 rings (SSSR count). The van der Waals surface area contributed by atoms with Crippen LogP contribution in [0.3, 0.4) is 0 Å². The van der Waals surface area contributed by atoms with Crippen molar-refractivity contribution >= 4 is 22.7 Å². The maximum Gasteiger partial charge on any atom is 0.0489 e. The van der Waals surface area contributed by atoms with E-state index in [-0.39, 0.29) is 0 Å². The van der Waals surface area contributed by atoms with Gasteiger partial charge in [0.15, 0.2) is 0 Å². The molecule has 0 unspecified atom stereocenters. The largest absolute Gasteiger partial charge is 0.139 e. The van der Waals surface area contributed by atoms with Gasteiger partial charge in [-0.1, -0.05) is 194 Å². The summed E-state index contributed by atoms with van der Waals surface area (Å²) < 4.78 is 0. The van der Waals surface area contributed by atoms with Crippen molar-refractivity contribution in [1.29, 1.82) is 0 Å². The summed E-state index contributed by atoms with van der Waals surface area (Å²) >= 11 is 4.14. The lowest BCUT2D eigenvalue weighted by atomic mass is 9.71. The minimum absolute atomic E-state index is 0.300. The van der Waals surface area contributed by atoms with Crippen LogP contribution in [0.2, 0.25) is 0 Å². The van der Waals surface area contributed by atoms with Gasteiger partial charge in [-0.2, -0.15) is 0 Å². The van der Waals surface area contributed by atoms with Gasteiger partial charge in [-0.25, -0.2) is 0 Å². The summed E-state index contributed by atoms with van der Waals surface area (Å²) in [5.74, 6) is 0. The quantitative estimate of drug-likeness (QED) is 0.0735. The fourth-order valence-corrected chi connectivity index (χ4v) is 10.5. The van der Waals surface area contributed by atoms with E-state index in [1.54, 1.807) is 20.9 Å². The van der Waals surface area contributed by atoms with Crippen LogP contribution in [-0.4, -0.2) is 0 Å². The normalized spacial score (nSPS) is 13.5. The molecule has 0 fully saturated rings. The summed E-state index contributed by atoms with van der Waals surface area (Å²) in [6.45, 7) is 9.31. The standard InChI is InChI=1S/C43H74S2/c1-5-7-9-11-13-15-17-19-21-23-25-27-29-31-33-43(39-35-37(3)44-41(39)42-40(43)36-38(4)45-42)34-32-30-28-26-24-22-20-18-16-14-12-10-8-6-2/h35-36H,5-34H2,1-4H3. The lowest BCUT2D eigenvalue weighted by Crippen LogP contribution is -2.25. The molecule has 2 heteroatoms. The molecule has 0 bridgehead atoms. The molecule has 0 aromatic carbocycles. The summed E-state index contributed by atoms with van der Waals surface area (Å²) in [6.07, 6.45) is 43.2. The fraction of sp³-hybridized carbons (Fsp3) is 0.814. The molecule has 0 spiro atoms. The molecule has 45 heavy (non-hydrogen) atoms. The molecule has 1 aliphatic rings. The minimum atomic E-state index is 0.300. The average molecular weight is 655 g/mol. The lowest BCUT2D eigenvalue weighted by molar-refractivity contribution is 0.397. The van der Waals surface area contributed by atoms with Gasteiger partial charge in [0.05, 0.1) is 0 Å². The molecular weight excluding hydrogens is 581 g/mol. The van der Waals surface area contributed by atoms with Crippen LogP contribution in [0.15, 0.2) is 12.1 Å². The van der Waals surface area contributed by atoms with Crippen LogP contribution in [0.5, 0.6) is 0 Å². The SMILES string of the molecule is CCCCCCCCCCCCCCCCC1(CCCCCCCCCCCCCCCC)c2cc(C)sc2-c2sc(C)cc21. The Morgan fingerprint density at radius 1 is 0.378 bits per heavy atom. The highest BCUT2D eigenvalue weighted by Crippen LogP contribution is 2.59. The van der Waals surface area contributed by atoms with Gasteiger partial charge in [-0.05, 0) is 49.9 Å². The molecule has 258 valence electrons. The summed E-state index contributed by atoms with van der Waals surface area (Å²) in [5.41, 5.74) is 3.74. The zero-order valence-electron chi connectivity index (χ0n) is 30.7. The van der Waals surface area contributed by atoms with Crippen LogP contribution >= 0.6 is 22.7 Å². The summed E-state index contributed by atoms with van der Waals surface area (Å²) in [4.78, 5) is 6.30. The first-order valence-electron chi connectivity index (χ1n) is 20.3. The summed E-state index contributed by atoms with van der Waals surface area (Å²) in [7, 11) is 0. The van der Waals surface area contributed by atoms with E-state index in [2.05, 4.69) is 62.5 Å². The number of rotatable bonds is 30. The summed E-state index contributed by atoms with van der Waals surface area (Å²) in [5, 5.41) is 0. The lowest BCUT2D eigenvalue weighted by Gasteiger charge is -2.31. The van der Waals surface area contributed by atoms with Crippen molar-refractivity contribution in [1.82, 2.24) is 0 Å². The topological polar surface area (TPSA) is 0 Å². The second-order valence-electron chi connectivity index (χ2n) is 15.0. The second-order valence-corrected chi connectivity index (χ2v) is 17.5. The van der Waals surface area contributed by atoms with E-state index in [0.29, 0.717) is 5.41 Å². The molecule has 0 aliphatic heterocycles. The molecule has 1 aliphatic carbocycles. The Morgan fingerprint density at radius 2 is 0.622 bits per heavy atom. The van der Waals surface area contributed by atoms with Gasteiger partial charge in [0.1, 0.15) is 0 Å². The Bertz CT molecular complexity index is 913. The van der Waals surface area contributed by atoms with E-state index in [1.165, 1.54) is 202 Å². The monoisotopic (exact) mass is 655 g/mol. The fourth-order valence-electron chi connectivity index (χ4n) is 8.13. The first kappa shape index (κ1) is 38.8. The molecule has 0 radical (unpaired) electrons. The first-order chi connectivity index (χ1) is 22.1. The highest BCUT2D eigenvalue weighted by atomic mass is 32.1. The second kappa shape index (κ2) is 23.7. The van der Waals surface area contributed by atoms with E-state index < -0.39 is 0 Å². The Hall–Kier alpha value is -0.600. The van der Waals surface area contributed by atoms with Crippen LogP contribution in [0, 0.1) is 13.8 Å². The van der Waals surface area contributed by atoms with E-state index in [0.717, 1.165) is 0 Å². The van der Waals surface area contributed by atoms with Crippen molar-refractivity contribution < 1.29 is 0 Å². The smallest absolute Gasteiger partial charge is 0.0489 e. The van der Waals surface area contributed by atoms with Crippen LogP contribution in [0.1, 0.15) is 227 Å². The zero-order valence-corrected chi connectivity index (χ0v) is 32.3. The van der Waals surface area contributed by atoms with Crippen molar-refractivity contribution in [3.8, 4) is 9.75 Å². The summed E-state index contributed by atoms with van der Waals surface area (Å²) in [6, 6.07) is 5.19. The number of hydrogen-bond acceptors (Lipinski definition) is 2. The molecular formula is C43H74S2. The third kappa shape index (κ3) is 13.8. The molecule has 0 saturated carbocycles. The van der Waals surface area contributed by atoms with E-state index in [1.807, 2.05) is 0 Å². The van der Waals surface area contributed by atoms with E-state index in [4.69, 9.17) is 0 Å². The van der Waals surface area contributed by atoms with E-state index >= 15 is 0 Å². The third-order valence-electron chi connectivity index (χ3n) is 10.9. The van der Waals surface area contributed by atoms with E-state index in [9.17, 15) is 0 Å². The predicted octanol–water partition coefficient (Wildman–Crippen LogP) is 16.4. The first-order valence-corrected chi connectivity index (χ1v) is 22.0.